The maximum Gasteiger partial charge on any atom is 0.164 e. The van der Waals surface area contributed by atoms with Crippen LogP contribution in [0, 0.1) is 0 Å². The van der Waals surface area contributed by atoms with Crippen LogP contribution in [0.15, 0.2) is 188 Å². The standard InChI is InChI=1S/C54H37N3/c1-54(2)48-25-12-11-23-45(48)50-40(24-14-26-49(50)54)38-20-13-19-36(31-38)37-27-29-44-46(32-37)42-22-10-9-21-41(42)43-30-28-39(33-47(43)44)53-56-51(34-15-5-3-6-16-34)55-52(57-53)35-17-7-4-8-18-35/h3-33H,1-2H3. The molecule has 57 heavy (non-hydrogen) atoms. The van der Waals surface area contributed by atoms with Crippen molar-refractivity contribution in [1.82, 2.24) is 15.0 Å². The fourth-order valence-corrected chi connectivity index (χ4v) is 9.07. The summed E-state index contributed by atoms with van der Waals surface area (Å²) in [6.45, 7) is 4.69. The summed E-state index contributed by atoms with van der Waals surface area (Å²) in [5, 5.41) is 7.27. The lowest BCUT2D eigenvalue weighted by Gasteiger charge is -2.21. The molecule has 0 bridgehead atoms. The van der Waals surface area contributed by atoms with Crippen LogP contribution < -0.4 is 0 Å². The first kappa shape index (κ1) is 33.1. The van der Waals surface area contributed by atoms with Gasteiger partial charge in [0.1, 0.15) is 0 Å². The predicted molar refractivity (Wildman–Crippen MR) is 237 cm³/mol. The minimum Gasteiger partial charge on any atom is -0.208 e. The molecule has 1 aromatic heterocycles. The summed E-state index contributed by atoms with van der Waals surface area (Å²) in [5.41, 5.74) is 13.2. The topological polar surface area (TPSA) is 38.7 Å². The smallest absolute Gasteiger partial charge is 0.164 e. The van der Waals surface area contributed by atoms with E-state index >= 15 is 0 Å². The lowest BCUT2D eigenvalue weighted by atomic mass is 9.82. The Hall–Kier alpha value is -7.23. The number of fused-ring (bicyclic) bond motifs is 9. The zero-order valence-electron chi connectivity index (χ0n) is 31.7. The van der Waals surface area contributed by atoms with Gasteiger partial charge in [-0.05, 0) is 95.0 Å². The number of benzene rings is 9. The minimum atomic E-state index is -0.0422. The second-order valence-corrected chi connectivity index (χ2v) is 15.6. The number of hydrogen-bond donors (Lipinski definition) is 0. The molecule has 9 aromatic carbocycles. The van der Waals surface area contributed by atoms with Gasteiger partial charge in [-0.1, -0.05) is 184 Å². The average Bonchev–Trinajstić information content (AvgIpc) is 3.52. The van der Waals surface area contributed by atoms with Crippen molar-refractivity contribution in [3.63, 3.8) is 0 Å². The van der Waals surface area contributed by atoms with E-state index < -0.39 is 0 Å². The van der Waals surface area contributed by atoms with Gasteiger partial charge in [0.05, 0.1) is 0 Å². The molecule has 10 aromatic rings. The number of nitrogens with zero attached hydrogens (tertiary/aromatic N) is 3. The average molecular weight is 728 g/mol. The van der Waals surface area contributed by atoms with Gasteiger partial charge < -0.3 is 0 Å². The molecular weight excluding hydrogens is 691 g/mol. The summed E-state index contributed by atoms with van der Waals surface area (Å²) in [5.74, 6) is 1.96. The van der Waals surface area contributed by atoms with Gasteiger partial charge in [-0.3, -0.25) is 0 Å². The number of hydrogen-bond acceptors (Lipinski definition) is 3. The van der Waals surface area contributed by atoms with Crippen LogP contribution in [0.2, 0.25) is 0 Å². The van der Waals surface area contributed by atoms with Gasteiger partial charge in [0.25, 0.3) is 0 Å². The number of rotatable bonds is 5. The maximum atomic E-state index is 5.06. The molecule has 1 aliphatic rings. The van der Waals surface area contributed by atoms with Gasteiger partial charge in [0.2, 0.25) is 0 Å². The summed E-state index contributed by atoms with van der Waals surface area (Å²) < 4.78 is 0. The SMILES string of the molecule is CC1(C)c2ccccc2-c2c(-c3cccc(-c4ccc5c(c4)c4ccccc4c4ccc(-c6nc(-c7ccccc7)nc(-c7ccccc7)n6)cc45)c3)cccc21. The molecule has 1 aliphatic carbocycles. The van der Waals surface area contributed by atoms with Crippen molar-refractivity contribution in [2.45, 2.75) is 19.3 Å². The molecule has 11 rings (SSSR count). The van der Waals surface area contributed by atoms with Crippen molar-refractivity contribution >= 4 is 32.3 Å². The molecule has 1 heterocycles. The van der Waals surface area contributed by atoms with Crippen LogP contribution in [0.3, 0.4) is 0 Å². The highest BCUT2D eigenvalue weighted by Gasteiger charge is 2.36. The Kier molecular flexibility index (Phi) is 7.52. The number of aromatic nitrogens is 3. The Balaban J connectivity index is 1.07. The molecule has 3 nitrogen and oxygen atoms in total. The van der Waals surface area contributed by atoms with E-state index in [9.17, 15) is 0 Å². The molecule has 0 aliphatic heterocycles. The first-order valence-electron chi connectivity index (χ1n) is 19.6. The Bertz CT molecular complexity index is 3140. The van der Waals surface area contributed by atoms with E-state index in [0.717, 1.165) is 16.7 Å². The van der Waals surface area contributed by atoms with Crippen molar-refractivity contribution in [3.8, 4) is 67.5 Å². The molecule has 268 valence electrons. The van der Waals surface area contributed by atoms with Gasteiger partial charge in [-0.15, -0.1) is 0 Å². The molecule has 0 atom stereocenters. The maximum absolute atomic E-state index is 5.06. The van der Waals surface area contributed by atoms with E-state index in [4.69, 9.17) is 15.0 Å². The van der Waals surface area contributed by atoms with Crippen LogP contribution in [0.4, 0.5) is 0 Å². The summed E-state index contributed by atoms with van der Waals surface area (Å²) in [4.78, 5) is 15.0. The minimum absolute atomic E-state index is 0.0422. The van der Waals surface area contributed by atoms with Crippen LogP contribution in [-0.4, -0.2) is 15.0 Å². The molecule has 0 saturated heterocycles. The predicted octanol–water partition coefficient (Wildman–Crippen LogP) is 14.0. The summed E-state index contributed by atoms with van der Waals surface area (Å²) in [6, 6.07) is 67.4. The van der Waals surface area contributed by atoms with E-state index in [2.05, 4.69) is 141 Å². The van der Waals surface area contributed by atoms with Crippen LogP contribution in [0.1, 0.15) is 25.0 Å². The third kappa shape index (κ3) is 5.38. The Morgan fingerprint density at radius 1 is 0.298 bits per heavy atom. The van der Waals surface area contributed by atoms with E-state index in [1.165, 1.54) is 76.8 Å². The summed E-state index contributed by atoms with van der Waals surface area (Å²) in [7, 11) is 0. The lowest BCUT2D eigenvalue weighted by Crippen LogP contribution is -2.14. The lowest BCUT2D eigenvalue weighted by molar-refractivity contribution is 0.660. The first-order chi connectivity index (χ1) is 28.0. The Morgan fingerprint density at radius 2 is 0.737 bits per heavy atom. The van der Waals surface area contributed by atoms with E-state index in [-0.39, 0.29) is 5.41 Å². The fraction of sp³-hybridized carbons (Fsp3) is 0.0556. The fourth-order valence-electron chi connectivity index (χ4n) is 9.07. The van der Waals surface area contributed by atoms with Crippen molar-refractivity contribution in [2.24, 2.45) is 0 Å². The second kappa shape index (κ2) is 12.9. The van der Waals surface area contributed by atoms with Gasteiger partial charge in [0, 0.05) is 22.1 Å². The van der Waals surface area contributed by atoms with Gasteiger partial charge in [-0.2, -0.15) is 0 Å². The van der Waals surface area contributed by atoms with E-state index in [1.807, 2.05) is 60.7 Å². The third-order valence-corrected chi connectivity index (χ3v) is 11.9. The molecule has 0 unspecified atom stereocenters. The highest BCUT2D eigenvalue weighted by Crippen LogP contribution is 2.52. The Morgan fingerprint density at radius 3 is 1.44 bits per heavy atom. The summed E-state index contributed by atoms with van der Waals surface area (Å²) in [6.07, 6.45) is 0. The largest absolute Gasteiger partial charge is 0.208 e. The molecule has 0 fully saturated rings. The van der Waals surface area contributed by atoms with Crippen molar-refractivity contribution in [3.05, 3.63) is 199 Å². The summed E-state index contributed by atoms with van der Waals surface area (Å²) >= 11 is 0. The Labute approximate surface area is 332 Å². The van der Waals surface area contributed by atoms with Crippen LogP contribution in [-0.2, 0) is 5.41 Å². The zero-order chi connectivity index (χ0) is 38.1. The van der Waals surface area contributed by atoms with Crippen molar-refractivity contribution < 1.29 is 0 Å². The van der Waals surface area contributed by atoms with Crippen molar-refractivity contribution in [2.75, 3.05) is 0 Å². The molecule has 0 amide bonds. The first-order valence-corrected chi connectivity index (χ1v) is 19.6. The monoisotopic (exact) mass is 727 g/mol. The molecule has 0 saturated carbocycles. The van der Waals surface area contributed by atoms with Gasteiger partial charge in [0.15, 0.2) is 17.5 Å². The highest BCUT2D eigenvalue weighted by molar-refractivity contribution is 6.26. The van der Waals surface area contributed by atoms with Crippen LogP contribution in [0.25, 0.3) is 99.9 Å². The van der Waals surface area contributed by atoms with E-state index in [0.29, 0.717) is 17.5 Å². The van der Waals surface area contributed by atoms with Gasteiger partial charge >= 0.3 is 0 Å². The quantitative estimate of drug-likeness (QED) is 0.166. The molecular formula is C54H37N3. The van der Waals surface area contributed by atoms with Crippen LogP contribution in [0.5, 0.6) is 0 Å². The van der Waals surface area contributed by atoms with Crippen LogP contribution >= 0.6 is 0 Å². The molecule has 0 radical (unpaired) electrons. The molecule has 0 N–H and O–H groups in total. The second-order valence-electron chi connectivity index (χ2n) is 15.6. The zero-order valence-corrected chi connectivity index (χ0v) is 31.7. The van der Waals surface area contributed by atoms with Crippen molar-refractivity contribution in [1.29, 1.82) is 0 Å². The molecule has 3 heteroatoms. The highest BCUT2D eigenvalue weighted by atomic mass is 15.0. The molecule has 0 spiro atoms. The third-order valence-electron chi connectivity index (χ3n) is 11.9. The van der Waals surface area contributed by atoms with Gasteiger partial charge in [-0.25, -0.2) is 15.0 Å². The van der Waals surface area contributed by atoms with E-state index in [1.54, 1.807) is 0 Å². The normalized spacial score (nSPS) is 12.9.